The molecule has 1 aliphatic rings. The Hall–Kier alpha value is -2.24. The second-order valence-electron chi connectivity index (χ2n) is 5.45. The molecular weight excluding hydrogens is 264 g/mol. The van der Waals surface area contributed by atoms with E-state index >= 15 is 0 Å². The first-order valence-corrected chi connectivity index (χ1v) is 6.99. The molecule has 0 saturated heterocycles. The maximum Gasteiger partial charge on any atom is 0.0728 e. The van der Waals surface area contributed by atoms with Crippen molar-refractivity contribution in [3.8, 4) is 11.1 Å². The van der Waals surface area contributed by atoms with Crippen molar-refractivity contribution in [2.45, 2.75) is 19.6 Å². The molecule has 0 aliphatic carbocycles. The Labute approximate surface area is 122 Å². The molecule has 1 atom stereocenters. The fourth-order valence-electron chi connectivity index (χ4n) is 2.93. The predicted molar refractivity (Wildman–Crippen MR) is 80.6 cm³/mol. The van der Waals surface area contributed by atoms with Gasteiger partial charge in [0.1, 0.15) is 0 Å². The first-order chi connectivity index (χ1) is 10.2. The molecule has 3 aromatic rings. The molecule has 1 aromatic carbocycles. The molecule has 0 fully saturated rings. The molecular formula is C16H16N4O. The molecule has 1 unspecified atom stereocenters. The van der Waals surface area contributed by atoms with Crippen molar-refractivity contribution in [2.75, 3.05) is 6.61 Å². The summed E-state index contributed by atoms with van der Waals surface area (Å²) in [6.45, 7) is 3.13. The molecule has 106 valence electrons. The highest BCUT2D eigenvalue weighted by molar-refractivity contribution is 5.86. The molecule has 5 nitrogen and oxygen atoms in total. The second-order valence-corrected chi connectivity index (χ2v) is 5.45. The van der Waals surface area contributed by atoms with Crippen molar-refractivity contribution < 1.29 is 4.74 Å². The number of nitrogens with one attached hydrogen (secondary N) is 1. The van der Waals surface area contributed by atoms with Gasteiger partial charge in [0.15, 0.2) is 0 Å². The van der Waals surface area contributed by atoms with Crippen molar-refractivity contribution in [3.05, 3.63) is 47.4 Å². The van der Waals surface area contributed by atoms with Crippen molar-refractivity contribution in [1.29, 1.82) is 0 Å². The normalized spacial score (nSPS) is 17.9. The molecule has 2 aromatic heterocycles. The van der Waals surface area contributed by atoms with Gasteiger partial charge in [-0.15, -0.1) is 0 Å². The lowest BCUT2D eigenvalue weighted by molar-refractivity contribution is 0.0926. The van der Waals surface area contributed by atoms with E-state index in [9.17, 15) is 0 Å². The Balaban J connectivity index is 1.90. The minimum Gasteiger partial charge on any atom is -0.375 e. The summed E-state index contributed by atoms with van der Waals surface area (Å²) in [6.07, 6.45) is 3.73. The van der Waals surface area contributed by atoms with E-state index in [1.165, 1.54) is 0 Å². The van der Waals surface area contributed by atoms with Gasteiger partial charge in [0.2, 0.25) is 0 Å². The van der Waals surface area contributed by atoms with Crippen LogP contribution < -0.4 is 5.73 Å². The smallest absolute Gasteiger partial charge is 0.0728 e. The van der Waals surface area contributed by atoms with E-state index in [0.29, 0.717) is 13.2 Å². The quantitative estimate of drug-likeness (QED) is 0.718. The number of fused-ring (bicyclic) bond motifs is 2. The number of ether oxygens (including phenoxy) is 1. The predicted octanol–water partition coefficient (Wildman–Crippen LogP) is 2.46. The Morgan fingerprint density at radius 2 is 2.24 bits per heavy atom. The zero-order chi connectivity index (χ0) is 14.4. The number of aromatic amines is 1. The Morgan fingerprint density at radius 3 is 3.14 bits per heavy atom. The van der Waals surface area contributed by atoms with Gasteiger partial charge < -0.3 is 10.5 Å². The Morgan fingerprint density at radius 1 is 1.33 bits per heavy atom. The number of rotatable bonds is 1. The zero-order valence-corrected chi connectivity index (χ0v) is 11.8. The van der Waals surface area contributed by atoms with Crippen LogP contribution in [0.5, 0.6) is 0 Å². The molecule has 0 radical (unpaired) electrons. The molecule has 3 N–H and O–H groups in total. The van der Waals surface area contributed by atoms with Crippen LogP contribution in [0.3, 0.4) is 0 Å². The topological polar surface area (TPSA) is 76.8 Å². The van der Waals surface area contributed by atoms with Gasteiger partial charge in [0.25, 0.3) is 0 Å². The number of hydrogen-bond donors (Lipinski definition) is 2. The van der Waals surface area contributed by atoms with Crippen LogP contribution >= 0.6 is 0 Å². The van der Waals surface area contributed by atoms with Gasteiger partial charge in [0.05, 0.1) is 30.5 Å². The van der Waals surface area contributed by atoms with E-state index in [4.69, 9.17) is 10.5 Å². The van der Waals surface area contributed by atoms with Crippen molar-refractivity contribution >= 4 is 10.9 Å². The van der Waals surface area contributed by atoms with Gasteiger partial charge in [-0.2, -0.15) is 5.10 Å². The summed E-state index contributed by atoms with van der Waals surface area (Å²) < 4.78 is 5.59. The first kappa shape index (κ1) is 12.5. The average Bonchev–Trinajstić information content (AvgIpc) is 2.88. The Kier molecular flexibility index (Phi) is 2.77. The maximum atomic E-state index is 6.11. The van der Waals surface area contributed by atoms with Gasteiger partial charge in [-0.1, -0.05) is 12.1 Å². The number of benzene rings is 1. The number of aryl methyl sites for hydroxylation is 1. The molecule has 0 spiro atoms. The molecule has 1 aliphatic heterocycles. The van der Waals surface area contributed by atoms with E-state index < -0.39 is 0 Å². The number of pyridine rings is 1. The number of H-pyrrole nitrogens is 1. The highest BCUT2D eigenvalue weighted by atomic mass is 16.5. The molecule has 3 heterocycles. The summed E-state index contributed by atoms with van der Waals surface area (Å²) in [5.74, 6) is 0. The maximum absolute atomic E-state index is 6.11. The third-order valence-corrected chi connectivity index (χ3v) is 4.10. The van der Waals surface area contributed by atoms with Crippen LogP contribution in [0.4, 0.5) is 0 Å². The van der Waals surface area contributed by atoms with Crippen LogP contribution in [0.25, 0.3) is 22.0 Å². The highest BCUT2D eigenvalue weighted by Gasteiger charge is 2.21. The molecule has 4 rings (SSSR count). The number of nitrogens with two attached hydrogens (primary N) is 1. The van der Waals surface area contributed by atoms with Crippen molar-refractivity contribution in [2.24, 2.45) is 5.73 Å². The van der Waals surface area contributed by atoms with Crippen LogP contribution in [0.1, 0.15) is 22.9 Å². The lowest BCUT2D eigenvalue weighted by Crippen LogP contribution is -2.24. The highest BCUT2D eigenvalue weighted by Crippen LogP contribution is 2.33. The van der Waals surface area contributed by atoms with E-state index in [-0.39, 0.29) is 6.04 Å². The average molecular weight is 280 g/mol. The number of aromatic nitrogens is 3. The minimum absolute atomic E-state index is 0.0978. The van der Waals surface area contributed by atoms with Gasteiger partial charge in [-0.25, -0.2) is 0 Å². The lowest BCUT2D eigenvalue weighted by atomic mass is 9.93. The SMILES string of the molecule is Cc1n[nH]c2cc(-c3cncc4c3COCC4N)ccc12. The van der Waals surface area contributed by atoms with Crippen molar-refractivity contribution in [1.82, 2.24) is 15.2 Å². The summed E-state index contributed by atoms with van der Waals surface area (Å²) in [5, 5.41) is 8.45. The molecule has 21 heavy (non-hydrogen) atoms. The van der Waals surface area contributed by atoms with Gasteiger partial charge in [-0.05, 0) is 29.7 Å². The molecule has 0 saturated carbocycles. The van der Waals surface area contributed by atoms with Crippen LogP contribution in [-0.4, -0.2) is 21.8 Å². The molecule has 0 bridgehead atoms. The zero-order valence-electron chi connectivity index (χ0n) is 11.8. The third kappa shape index (κ3) is 1.93. The number of hydrogen-bond acceptors (Lipinski definition) is 4. The van der Waals surface area contributed by atoms with E-state index in [2.05, 4.69) is 33.4 Å². The van der Waals surface area contributed by atoms with Crippen molar-refractivity contribution in [3.63, 3.8) is 0 Å². The van der Waals surface area contributed by atoms with E-state index in [1.807, 2.05) is 19.3 Å². The van der Waals surface area contributed by atoms with Crippen LogP contribution in [0.15, 0.2) is 30.6 Å². The second kappa shape index (κ2) is 4.65. The van der Waals surface area contributed by atoms with Crippen LogP contribution in [-0.2, 0) is 11.3 Å². The van der Waals surface area contributed by atoms with Crippen LogP contribution in [0, 0.1) is 6.92 Å². The van der Waals surface area contributed by atoms with E-state index in [0.717, 1.165) is 38.9 Å². The largest absolute Gasteiger partial charge is 0.375 e. The summed E-state index contributed by atoms with van der Waals surface area (Å²) in [5.41, 5.74) is 12.6. The summed E-state index contributed by atoms with van der Waals surface area (Å²) in [7, 11) is 0. The molecule has 0 amide bonds. The van der Waals surface area contributed by atoms with Gasteiger partial charge in [0, 0.05) is 23.3 Å². The monoisotopic (exact) mass is 280 g/mol. The summed E-state index contributed by atoms with van der Waals surface area (Å²) >= 11 is 0. The van der Waals surface area contributed by atoms with Gasteiger partial charge >= 0.3 is 0 Å². The third-order valence-electron chi connectivity index (χ3n) is 4.10. The Bertz CT molecular complexity index is 824. The molecule has 5 heteroatoms. The number of nitrogens with zero attached hydrogens (tertiary/aromatic N) is 2. The van der Waals surface area contributed by atoms with Crippen LogP contribution in [0.2, 0.25) is 0 Å². The fraction of sp³-hybridized carbons (Fsp3) is 0.250. The summed E-state index contributed by atoms with van der Waals surface area (Å²) in [6, 6.07) is 6.20. The lowest BCUT2D eigenvalue weighted by Gasteiger charge is -2.24. The fourth-order valence-corrected chi connectivity index (χ4v) is 2.93. The minimum atomic E-state index is -0.0978. The first-order valence-electron chi connectivity index (χ1n) is 6.99. The van der Waals surface area contributed by atoms with Gasteiger partial charge in [-0.3, -0.25) is 10.1 Å². The summed E-state index contributed by atoms with van der Waals surface area (Å²) in [4.78, 5) is 4.35. The van der Waals surface area contributed by atoms with E-state index in [1.54, 1.807) is 0 Å². The standard InChI is InChI=1S/C16H16N4O/c1-9-11-3-2-10(4-16(11)20-19-9)12-5-18-6-13-14(12)7-21-8-15(13)17/h2-6,15H,7-8,17H2,1H3,(H,19,20).